The Balaban J connectivity index is 1.15. The first-order valence-corrected chi connectivity index (χ1v) is 22.6. The Morgan fingerprint density at radius 1 is 0.754 bits per heavy atom. The first kappa shape index (κ1) is 46.0. The fourth-order valence-corrected chi connectivity index (χ4v) is 15.5. The molecule has 8 rings (SSSR count). The molecule has 348 valence electrons. The number of esters is 2. The summed E-state index contributed by atoms with van der Waals surface area (Å²) in [5.41, 5.74) is -3.46. The zero-order valence-corrected chi connectivity index (χ0v) is 37.3. The molecule has 0 aromatic rings. The van der Waals surface area contributed by atoms with Gasteiger partial charge in [0.25, 0.3) is 0 Å². The third kappa shape index (κ3) is 6.89. The lowest BCUT2D eigenvalue weighted by molar-refractivity contribution is -0.339. The second kappa shape index (κ2) is 15.3. The Kier molecular flexibility index (Phi) is 11.5. The minimum Gasteiger partial charge on any atom is -0.455 e. The Hall–Kier alpha value is -1.54. The smallest absolute Gasteiger partial charge is 0.303 e. The number of carbonyl (C=O) groups is 2. The molecule has 0 aromatic carbocycles. The third-order valence-corrected chi connectivity index (χ3v) is 18.2. The average molecular weight is 869 g/mol. The summed E-state index contributed by atoms with van der Waals surface area (Å²) >= 11 is 0. The Morgan fingerprint density at radius 3 is 2.05 bits per heavy atom. The normalized spacial score (nSPS) is 53.8. The molecule has 0 aromatic heterocycles. The van der Waals surface area contributed by atoms with Crippen molar-refractivity contribution >= 4 is 11.9 Å². The van der Waals surface area contributed by atoms with Gasteiger partial charge in [0.05, 0.1) is 48.8 Å². The van der Waals surface area contributed by atoms with Crippen molar-refractivity contribution in [3.63, 3.8) is 0 Å². The van der Waals surface area contributed by atoms with Gasteiger partial charge in [-0.1, -0.05) is 27.7 Å². The van der Waals surface area contributed by atoms with Gasteiger partial charge in [0.15, 0.2) is 24.8 Å². The van der Waals surface area contributed by atoms with Gasteiger partial charge in [-0.15, -0.1) is 0 Å². The van der Waals surface area contributed by atoms with E-state index in [0.717, 1.165) is 32.1 Å². The van der Waals surface area contributed by atoms with Crippen LogP contribution >= 0.6 is 0 Å². The van der Waals surface area contributed by atoms with Crippen molar-refractivity contribution in [2.45, 2.75) is 211 Å². The van der Waals surface area contributed by atoms with Crippen molar-refractivity contribution in [2.75, 3.05) is 13.2 Å². The number of aliphatic hydroxyl groups excluding tert-OH is 6. The molecular weight excluding hydrogens is 796 g/mol. The number of fused-ring (bicyclic) bond motifs is 2. The lowest BCUT2D eigenvalue weighted by Gasteiger charge is -2.65. The van der Waals surface area contributed by atoms with E-state index in [9.17, 15) is 45.3 Å². The van der Waals surface area contributed by atoms with Crippen molar-refractivity contribution in [1.29, 1.82) is 0 Å². The van der Waals surface area contributed by atoms with E-state index in [-0.39, 0.29) is 52.1 Å². The standard InChI is InChI=1S/C45H72O16/c1-21(47)56-33-24(50)19-55-38(34(33)57-22(2)48)60-28-11-13-45-20-44(45)15-14-41(7)35(43(9)12-10-29(61-43)40(5,6)54)23(49)17-42(41,8)27(44)16-25(36(45)39(28,3)4)58-37-32(53)31(52)30(51)26(18-46)59-37/h23-38,46,49-54H,10-20H2,1-9H3/t23-,24+,25-,26+,27-,28-,29-,30+,31-,32+,33-,34+,35+,36+,37+,38-,41+,42-,43+,44-,45+/m0/s1. The Bertz CT molecular complexity index is 1680. The number of aliphatic hydroxyl groups is 7. The maximum absolute atomic E-state index is 12.4. The van der Waals surface area contributed by atoms with Crippen LogP contribution in [-0.2, 0) is 42.7 Å². The number of ether oxygens (including phenoxy) is 7. The van der Waals surface area contributed by atoms with E-state index in [2.05, 4.69) is 34.6 Å². The minimum atomic E-state index is -1.63. The molecular formula is C45H72O16. The van der Waals surface area contributed by atoms with Crippen LogP contribution < -0.4 is 0 Å². The average Bonchev–Trinajstić information content (AvgIpc) is 3.52. The van der Waals surface area contributed by atoms with E-state index in [4.69, 9.17) is 33.2 Å². The Labute approximate surface area is 358 Å². The zero-order chi connectivity index (χ0) is 44.6. The summed E-state index contributed by atoms with van der Waals surface area (Å²) in [6, 6.07) is 0. The molecule has 16 heteroatoms. The van der Waals surface area contributed by atoms with Gasteiger partial charge in [0.1, 0.15) is 30.5 Å². The van der Waals surface area contributed by atoms with Gasteiger partial charge < -0.3 is 68.9 Å². The van der Waals surface area contributed by atoms with Gasteiger partial charge in [0, 0.05) is 19.8 Å². The quantitative estimate of drug-likeness (QED) is 0.129. The molecule has 8 aliphatic rings. The maximum Gasteiger partial charge on any atom is 0.303 e. The summed E-state index contributed by atoms with van der Waals surface area (Å²) in [7, 11) is 0. The van der Waals surface area contributed by atoms with Crippen molar-refractivity contribution in [1.82, 2.24) is 0 Å². The van der Waals surface area contributed by atoms with Crippen LogP contribution in [0.15, 0.2) is 0 Å². The lowest BCUT2D eigenvalue weighted by atomic mass is 9.41. The van der Waals surface area contributed by atoms with Crippen LogP contribution in [-0.4, -0.2) is 152 Å². The maximum atomic E-state index is 12.4. The van der Waals surface area contributed by atoms with E-state index in [1.807, 2.05) is 0 Å². The number of hydrogen-bond donors (Lipinski definition) is 7. The summed E-state index contributed by atoms with van der Waals surface area (Å²) in [4.78, 5) is 24.5. The molecule has 0 unspecified atom stereocenters. The van der Waals surface area contributed by atoms with Gasteiger partial charge in [-0.25, -0.2) is 0 Å². The molecule has 3 heterocycles. The van der Waals surface area contributed by atoms with Crippen molar-refractivity contribution in [2.24, 2.45) is 44.8 Å². The number of hydrogen-bond acceptors (Lipinski definition) is 16. The van der Waals surface area contributed by atoms with Gasteiger partial charge >= 0.3 is 11.9 Å². The number of rotatable bonds is 9. The van der Waals surface area contributed by atoms with Crippen molar-refractivity contribution in [3.8, 4) is 0 Å². The summed E-state index contributed by atoms with van der Waals surface area (Å²) in [5.74, 6) is -1.67. The zero-order valence-electron chi connectivity index (χ0n) is 37.3. The highest BCUT2D eigenvalue weighted by Crippen LogP contribution is 2.89. The molecule has 5 saturated carbocycles. The van der Waals surface area contributed by atoms with Gasteiger partial charge in [-0.2, -0.15) is 0 Å². The highest BCUT2D eigenvalue weighted by molar-refractivity contribution is 5.67. The number of carbonyl (C=O) groups excluding carboxylic acids is 2. The summed E-state index contributed by atoms with van der Waals surface area (Å²) in [6.45, 7) is 16.1. The van der Waals surface area contributed by atoms with E-state index in [1.165, 1.54) is 13.8 Å². The third-order valence-electron chi connectivity index (χ3n) is 18.2. The molecule has 16 nitrogen and oxygen atoms in total. The molecule has 5 aliphatic carbocycles. The molecule has 0 amide bonds. The van der Waals surface area contributed by atoms with Crippen LogP contribution in [0, 0.1) is 44.8 Å². The van der Waals surface area contributed by atoms with Crippen LogP contribution in [0.2, 0.25) is 0 Å². The van der Waals surface area contributed by atoms with Crippen molar-refractivity contribution < 1.29 is 78.5 Å². The molecule has 3 aliphatic heterocycles. The second-order valence-electron chi connectivity index (χ2n) is 22.2. The lowest BCUT2D eigenvalue weighted by Crippen LogP contribution is -2.65. The van der Waals surface area contributed by atoms with Gasteiger partial charge in [-0.05, 0) is 117 Å². The molecule has 7 N–H and O–H groups in total. The highest BCUT2D eigenvalue weighted by atomic mass is 16.7. The molecule has 21 atom stereocenters. The first-order chi connectivity index (χ1) is 28.3. The molecule has 3 saturated heterocycles. The highest BCUT2D eigenvalue weighted by Gasteiger charge is 2.85. The summed E-state index contributed by atoms with van der Waals surface area (Å²) in [5, 5.41) is 77.1. The first-order valence-electron chi connectivity index (χ1n) is 22.6. The van der Waals surface area contributed by atoms with E-state index in [0.29, 0.717) is 25.7 Å². The minimum absolute atomic E-state index is 0.0638. The van der Waals surface area contributed by atoms with E-state index < -0.39 is 109 Å². The molecule has 8 fully saturated rings. The predicted octanol–water partition coefficient (Wildman–Crippen LogP) is 1.87. The van der Waals surface area contributed by atoms with Crippen LogP contribution in [0.1, 0.15) is 120 Å². The second-order valence-corrected chi connectivity index (χ2v) is 22.2. The van der Waals surface area contributed by atoms with Crippen LogP contribution in [0.25, 0.3) is 0 Å². The molecule has 0 radical (unpaired) electrons. The van der Waals surface area contributed by atoms with Crippen LogP contribution in [0.5, 0.6) is 0 Å². The van der Waals surface area contributed by atoms with Crippen molar-refractivity contribution in [3.05, 3.63) is 0 Å². The fourth-order valence-electron chi connectivity index (χ4n) is 15.5. The van der Waals surface area contributed by atoms with Crippen LogP contribution in [0.3, 0.4) is 0 Å². The van der Waals surface area contributed by atoms with Crippen LogP contribution in [0.4, 0.5) is 0 Å². The Morgan fingerprint density at radius 2 is 1.43 bits per heavy atom. The molecule has 2 spiro atoms. The van der Waals surface area contributed by atoms with E-state index in [1.54, 1.807) is 13.8 Å². The topological polar surface area (TPSA) is 240 Å². The SMILES string of the molecule is CC(=O)O[C@@H]1[C@@H](OC(C)=O)[C@H](O[C@H]2CC[C@]34C[C@]35CC[C@]3(C)[C@H]([C@@]6(C)CC[C@@H](C(C)(C)O)O6)[C@@H](O)C[C@@]3(C)[C@@H]5C[C@H](O[C@@H]3O[C@H](CO)[C@@H](O)[C@H](O)[C@H]3O)[C@@H]4C2(C)C)OC[C@H]1O. The summed E-state index contributed by atoms with van der Waals surface area (Å²) in [6.07, 6.45) is -7.80. The molecule has 0 bridgehead atoms. The molecule has 61 heavy (non-hydrogen) atoms. The monoisotopic (exact) mass is 868 g/mol. The predicted molar refractivity (Wildman–Crippen MR) is 213 cm³/mol. The van der Waals surface area contributed by atoms with Gasteiger partial charge in [0.2, 0.25) is 0 Å². The van der Waals surface area contributed by atoms with E-state index >= 15 is 0 Å². The summed E-state index contributed by atoms with van der Waals surface area (Å²) < 4.78 is 43.6. The fraction of sp³-hybridized carbons (Fsp3) is 0.956. The van der Waals surface area contributed by atoms with Gasteiger partial charge in [-0.3, -0.25) is 9.59 Å². The largest absolute Gasteiger partial charge is 0.455 e.